The standard InChI is InChI=1S/C20H18ClN7/c21-14-1-2-16-17(9-14)24-11-19(26-16)27-7-4-13-5-8-28(18(13)12-27)20-23-6-3-15(10-22)25-20/h1-3,6,9,11,13,18H,4-5,7-8,12H2. The van der Waals surface area contributed by atoms with Crippen LogP contribution in [0.3, 0.4) is 0 Å². The van der Waals surface area contributed by atoms with Gasteiger partial charge in [-0.1, -0.05) is 11.6 Å². The van der Waals surface area contributed by atoms with E-state index in [9.17, 15) is 0 Å². The summed E-state index contributed by atoms with van der Waals surface area (Å²) in [5, 5.41) is 9.80. The lowest BCUT2D eigenvalue weighted by molar-refractivity contribution is 0.387. The maximum Gasteiger partial charge on any atom is 0.226 e. The first-order valence-corrected chi connectivity index (χ1v) is 9.76. The molecule has 0 spiro atoms. The maximum atomic E-state index is 9.14. The van der Waals surface area contributed by atoms with Gasteiger partial charge in [0.05, 0.1) is 23.3 Å². The molecule has 2 fully saturated rings. The molecule has 2 atom stereocenters. The van der Waals surface area contributed by atoms with Crippen molar-refractivity contribution in [1.82, 2.24) is 19.9 Å². The highest BCUT2D eigenvalue weighted by Gasteiger charge is 2.40. The molecule has 28 heavy (non-hydrogen) atoms. The molecule has 5 rings (SSSR count). The number of aromatic nitrogens is 4. The number of benzene rings is 1. The van der Waals surface area contributed by atoms with Crippen molar-refractivity contribution in [2.75, 3.05) is 29.4 Å². The Kier molecular flexibility index (Phi) is 4.21. The van der Waals surface area contributed by atoms with Gasteiger partial charge in [-0.05, 0) is 43.0 Å². The van der Waals surface area contributed by atoms with Gasteiger partial charge in [0.25, 0.3) is 0 Å². The van der Waals surface area contributed by atoms with E-state index in [0.717, 1.165) is 49.3 Å². The second kappa shape index (κ2) is 6.88. The zero-order valence-corrected chi connectivity index (χ0v) is 15.9. The molecule has 140 valence electrons. The Morgan fingerprint density at radius 2 is 1.96 bits per heavy atom. The van der Waals surface area contributed by atoms with E-state index < -0.39 is 0 Å². The average Bonchev–Trinajstić information content (AvgIpc) is 3.16. The molecular formula is C20H18ClN7. The molecule has 0 aliphatic carbocycles. The van der Waals surface area contributed by atoms with Crippen LogP contribution in [0, 0.1) is 17.2 Å². The molecule has 2 unspecified atom stereocenters. The summed E-state index contributed by atoms with van der Waals surface area (Å²) in [6.45, 7) is 2.72. The van der Waals surface area contributed by atoms with E-state index in [1.54, 1.807) is 12.3 Å². The van der Waals surface area contributed by atoms with Crippen LogP contribution in [0.1, 0.15) is 18.5 Å². The zero-order valence-electron chi connectivity index (χ0n) is 15.2. The highest BCUT2D eigenvalue weighted by Crippen LogP contribution is 2.35. The van der Waals surface area contributed by atoms with Crippen LogP contribution in [-0.4, -0.2) is 45.6 Å². The Morgan fingerprint density at radius 1 is 1.07 bits per heavy atom. The number of rotatable bonds is 2. The number of halogens is 1. The number of fused-ring (bicyclic) bond motifs is 2. The summed E-state index contributed by atoms with van der Waals surface area (Å²) in [7, 11) is 0. The van der Waals surface area contributed by atoms with Gasteiger partial charge in [-0.25, -0.2) is 15.0 Å². The molecule has 0 saturated carbocycles. The molecule has 2 aliphatic heterocycles. The van der Waals surface area contributed by atoms with Crippen molar-refractivity contribution in [3.05, 3.63) is 47.4 Å². The number of nitrogens with zero attached hydrogens (tertiary/aromatic N) is 7. The molecule has 7 nitrogen and oxygen atoms in total. The highest BCUT2D eigenvalue weighted by atomic mass is 35.5. The third-order valence-electron chi connectivity index (χ3n) is 5.69. The first-order valence-electron chi connectivity index (χ1n) is 9.38. The molecule has 2 aromatic heterocycles. The SMILES string of the molecule is N#Cc1ccnc(N2CCC3CCN(c4cnc5cc(Cl)ccc5n4)CC32)n1. The molecule has 0 N–H and O–H groups in total. The quantitative estimate of drug-likeness (QED) is 0.663. The number of piperidine rings is 1. The van der Waals surface area contributed by atoms with Gasteiger partial charge < -0.3 is 9.80 Å². The van der Waals surface area contributed by atoms with Crippen molar-refractivity contribution in [2.45, 2.75) is 18.9 Å². The largest absolute Gasteiger partial charge is 0.353 e. The van der Waals surface area contributed by atoms with Gasteiger partial charge in [0, 0.05) is 30.9 Å². The summed E-state index contributed by atoms with van der Waals surface area (Å²) in [5.41, 5.74) is 2.05. The van der Waals surface area contributed by atoms with E-state index in [-0.39, 0.29) is 0 Å². The fraction of sp³-hybridized carbons (Fsp3) is 0.350. The normalized spacial score (nSPS) is 21.6. The Labute approximate surface area is 167 Å². The molecule has 2 saturated heterocycles. The summed E-state index contributed by atoms with van der Waals surface area (Å²) in [4.78, 5) is 22.7. The Bertz CT molecular complexity index is 1080. The van der Waals surface area contributed by atoms with Crippen molar-refractivity contribution >= 4 is 34.4 Å². The van der Waals surface area contributed by atoms with Gasteiger partial charge in [-0.2, -0.15) is 5.26 Å². The van der Waals surface area contributed by atoms with E-state index >= 15 is 0 Å². The van der Waals surface area contributed by atoms with Crippen molar-refractivity contribution in [1.29, 1.82) is 5.26 Å². The smallest absolute Gasteiger partial charge is 0.226 e. The molecule has 1 aromatic carbocycles. The fourth-order valence-electron chi connectivity index (χ4n) is 4.27. The van der Waals surface area contributed by atoms with E-state index in [4.69, 9.17) is 21.8 Å². The monoisotopic (exact) mass is 391 g/mol. The topological polar surface area (TPSA) is 81.8 Å². The van der Waals surface area contributed by atoms with Crippen LogP contribution >= 0.6 is 11.6 Å². The summed E-state index contributed by atoms with van der Waals surface area (Å²) in [6, 6.07) is 9.63. The van der Waals surface area contributed by atoms with Crippen LogP contribution < -0.4 is 9.80 Å². The Hall–Kier alpha value is -2.98. The molecular weight excluding hydrogens is 374 g/mol. The fourth-order valence-corrected chi connectivity index (χ4v) is 4.44. The molecule has 3 aromatic rings. The predicted molar refractivity (Wildman–Crippen MR) is 107 cm³/mol. The lowest BCUT2D eigenvalue weighted by atomic mass is 9.92. The maximum absolute atomic E-state index is 9.14. The summed E-state index contributed by atoms with van der Waals surface area (Å²) in [5.74, 6) is 2.14. The van der Waals surface area contributed by atoms with Crippen LogP contribution in [0.15, 0.2) is 36.7 Å². The van der Waals surface area contributed by atoms with Crippen molar-refractivity contribution in [3.8, 4) is 6.07 Å². The van der Waals surface area contributed by atoms with Crippen LogP contribution in [0.5, 0.6) is 0 Å². The molecule has 2 aliphatic rings. The lowest BCUT2D eigenvalue weighted by Crippen LogP contribution is -2.49. The minimum Gasteiger partial charge on any atom is -0.353 e. The van der Waals surface area contributed by atoms with Gasteiger partial charge >= 0.3 is 0 Å². The number of nitriles is 1. The van der Waals surface area contributed by atoms with E-state index in [1.165, 1.54) is 0 Å². The Morgan fingerprint density at radius 3 is 2.86 bits per heavy atom. The van der Waals surface area contributed by atoms with E-state index in [0.29, 0.717) is 28.6 Å². The third-order valence-corrected chi connectivity index (χ3v) is 5.93. The van der Waals surface area contributed by atoms with E-state index in [2.05, 4.69) is 30.8 Å². The third kappa shape index (κ3) is 3.00. The van der Waals surface area contributed by atoms with E-state index in [1.807, 2.05) is 24.4 Å². The molecule has 0 amide bonds. The first-order chi connectivity index (χ1) is 13.7. The first kappa shape index (κ1) is 17.1. The second-order valence-corrected chi connectivity index (χ2v) is 7.70. The summed E-state index contributed by atoms with van der Waals surface area (Å²) in [6.07, 6.45) is 5.71. The van der Waals surface area contributed by atoms with Gasteiger partial charge in [0.1, 0.15) is 17.6 Å². The predicted octanol–water partition coefficient (Wildman–Crippen LogP) is 3.05. The molecule has 8 heteroatoms. The lowest BCUT2D eigenvalue weighted by Gasteiger charge is -2.38. The Balaban J connectivity index is 1.42. The molecule has 0 radical (unpaired) electrons. The van der Waals surface area contributed by atoms with Crippen LogP contribution in [0.2, 0.25) is 5.02 Å². The van der Waals surface area contributed by atoms with Gasteiger partial charge in [-0.15, -0.1) is 0 Å². The van der Waals surface area contributed by atoms with Gasteiger partial charge in [0.15, 0.2) is 0 Å². The van der Waals surface area contributed by atoms with Crippen molar-refractivity contribution in [2.24, 2.45) is 5.92 Å². The number of hydrogen-bond acceptors (Lipinski definition) is 7. The molecule has 4 heterocycles. The minimum absolute atomic E-state index is 0.311. The number of hydrogen-bond donors (Lipinski definition) is 0. The van der Waals surface area contributed by atoms with Crippen LogP contribution in [0.4, 0.5) is 11.8 Å². The van der Waals surface area contributed by atoms with Gasteiger partial charge in [0.2, 0.25) is 5.95 Å². The van der Waals surface area contributed by atoms with Crippen LogP contribution in [-0.2, 0) is 0 Å². The van der Waals surface area contributed by atoms with Crippen molar-refractivity contribution in [3.63, 3.8) is 0 Å². The van der Waals surface area contributed by atoms with Gasteiger partial charge in [-0.3, -0.25) is 4.98 Å². The summed E-state index contributed by atoms with van der Waals surface area (Å²) < 4.78 is 0. The minimum atomic E-state index is 0.311. The average molecular weight is 392 g/mol. The summed E-state index contributed by atoms with van der Waals surface area (Å²) >= 11 is 6.05. The highest BCUT2D eigenvalue weighted by molar-refractivity contribution is 6.31. The number of anilines is 2. The second-order valence-electron chi connectivity index (χ2n) is 7.26. The molecule has 0 bridgehead atoms. The zero-order chi connectivity index (χ0) is 19.1. The van der Waals surface area contributed by atoms with Crippen molar-refractivity contribution < 1.29 is 0 Å². The van der Waals surface area contributed by atoms with Crippen LogP contribution in [0.25, 0.3) is 11.0 Å².